The Morgan fingerprint density at radius 1 is 1.03 bits per heavy atom. The second-order valence-corrected chi connectivity index (χ2v) is 7.21. The van der Waals surface area contributed by atoms with Crippen LogP contribution in [0.5, 0.6) is 0 Å². The van der Waals surface area contributed by atoms with E-state index >= 15 is 0 Å². The molecule has 1 amide bonds. The zero-order valence-corrected chi connectivity index (χ0v) is 16.8. The van der Waals surface area contributed by atoms with Crippen molar-refractivity contribution < 1.29 is 41.0 Å². The van der Waals surface area contributed by atoms with Gasteiger partial charge in [0, 0.05) is 23.3 Å². The third kappa shape index (κ3) is 5.43. The van der Waals surface area contributed by atoms with Crippen LogP contribution in [0.3, 0.4) is 0 Å². The number of nitrogens with one attached hydrogen (secondary N) is 1. The van der Waals surface area contributed by atoms with Crippen molar-refractivity contribution in [1.82, 2.24) is 5.32 Å². The van der Waals surface area contributed by atoms with Gasteiger partial charge in [-0.1, -0.05) is 0 Å². The first-order valence-corrected chi connectivity index (χ1v) is 9.41. The van der Waals surface area contributed by atoms with Gasteiger partial charge < -0.3 is 15.6 Å². The summed E-state index contributed by atoms with van der Waals surface area (Å²) in [5, 5.41) is 23.9. The molecular weight excluding hydrogens is 454 g/mol. The van der Waals surface area contributed by atoms with Crippen LogP contribution in [0.15, 0.2) is 54.7 Å². The largest absolute Gasteiger partial charge is 0.618 e. The number of halogens is 6. The van der Waals surface area contributed by atoms with Crippen LogP contribution in [-0.4, -0.2) is 17.2 Å². The van der Waals surface area contributed by atoms with Crippen LogP contribution in [0.25, 0.3) is 11.1 Å². The third-order valence-electron chi connectivity index (χ3n) is 4.79. The quantitative estimate of drug-likeness (QED) is 0.328. The summed E-state index contributed by atoms with van der Waals surface area (Å²) in [4.78, 5) is 12.7. The topological polar surface area (TPSA) is 76.3 Å². The Balaban J connectivity index is 2.03. The predicted molar refractivity (Wildman–Crippen MR) is 104 cm³/mol. The Bertz CT molecular complexity index is 1200. The number of hydrogen-bond acceptors (Lipinski definition) is 3. The van der Waals surface area contributed by atoms with Crippen molar-refractivity contribution in [3.63, 3.8) is 0 Å². The first-order chi connectivity index (χ1) is 15.4. The fraction of sp³-hybridized carbons (Fsp3) is 0.182. The fourth-order valence-electron chi connectivity index (χ4n) is 3.17. The standard InChI is InChI=1S/C22H16F6N2O3/c1-11(19-5-3-16(24)10-30(19)33)29-21(32)14-7-12(17-4-2-15(23)9-18(17)25)6-13(8-14)20(31)22(26,27)28/h2-11,20,31H,1H3,(H,29,32)/t11-,20?/m1/s1. The molecule has 2 aromatic carbocycles. The van der Waals surface area contributed by atoms with E-state index in [1.807, 2.05) is 0 Å². The van der Waals surface area contributed by atoms with E-state index in [-0.39, 0.29) is 27.1 Å². The summed E-state index contributed by atoms with van der Waals surface area (Å²) in [6.07, 6.45) is -7.43. The molecule has 0 aliphatic carbocycles. The molecule has 174 valence electrons. The molecule has 0 aliphatic rings. The maximum atomic E-state index is 14.3. The molecule has 0 bridgehead atoms. The molecule has 0 spiro atoms. The fourth-order valence-corrected chi connectivity index (χ4v) is 3.17. The number of alkyl halides is 3. The summed E-state index contributed by atoms with van der Waals surface area (Å²) >= 11 is 0. The highest BCUT2D eigenvalue weighted by atomic mass is 19.4. The number of rotatable bonds is 5. The summed E-state index contributed by atoms with van der Waals surface area (Å²) < 4.78 is 80.1. The summed E-state index contributed by atoms with van der Waals surface area (Å²) in [5.41, 5.74) is -1.71. The van der Waals surface area contributed by atoms with E-state index in [1.54, 1.807) is 0 Å². The average molecular weight is 470 g/mol. The number of amides is 1. The van der Waals surface area contributed by atoms with Crippen LogP contribution in [0.2, 0.25) is 0 Å². The van der Waals surface area contributed by atoms with Gasteiger partial charge >= 0.3 is 6.18 Å². The molecule has 33 heavy (non-hydrogen) atoms. The van der Waals surface area contributed by atoms with E-state index in [0.29, 0.717) is 12.3 Å². The molecule has 0 fully saturated rings. The molecule has 3 aromatic rings. The van der Waals surface area contributed by atoms with E-state index < -0.39 is 47.2 Å². The zero-order chi connectivity index (χ0) is 24.5. The van der Waals surface area contributed by atoms with Crippen LogP contribution < -0.4 is 10.0 Å². The molecule has 1 unspecified atom stereocenters. The number of nitrogens with zero attached hydrogens (tertiary/aromatic N) is 1. The smallest absolute Gasteiger partial charge is 0.418 e. The number of aromatic nitrogens is 1. The van der Waals surface area contributed by atoms with Crippen LogP contribution in [-0.2, 0) is 0 Å². The third-order valence-corrected chi connectivity index (χ3v) is 4.79. The van der Waals surface area contributed by atoms with Crippen molar-refractivity contribution in [2.45, 2.75) is 25.2 Å². The molecule has 11 heteroatoms. The second kappa shape index (κ2) is 9.10. The monoisotopic (exact) mass is 470 g/mol. The van der Waals surface area contributed by atoms with Gasteiger partial charge in [0.15, 0.2) is 11.9 Å². The summed E-state index contributed by atoms with van der Waals surface area (Å²) in [7, 11) is 0. The van der Waals surface area contributed by atoms with Crippen LogP contribution in [0, 0.1) is 22.7 Å². The minimum absolute atomic E-state index is 0.0546. The lowest BCUT2D eigenvalue weighted by Crippen LogP contribution is -2.38. The van der Waals surface area contributed by atoms with Gasteiger partial charge in [0.05, 0.1) is 0 Å². The van der Waals surface area contributed by atoms with Crippen molar-refractivity contribution in [3.05, 3.63) is 94.2 Å². The molecule has 0 radical (unpaired) electrons. The maximum Gasteiger partial charge on any atom is 0.418 e. The lowest BCUT2D eigenvalue weighted by atomic mass is 9.96. The van der Waals surface area contributed by atoms with Crippen molar-refractivity contribution >= 4 is 5.91 Å². The highest BCUT2D eigenvalue weighted by Gasteiger charge is 2.40. The molecule has 3 rings (SSSR count). The Kier molecular flexibility index (Phi) is 6.63. The maximum absolute atomic E-state index is 14.3. The van der Waals surface area contributed by atoms with Gasteiger partial charge in [0.1, 0.15) is 17.7 Å². The normalized spacial score (nSPS) is 13.5. The van der Waals surface area contributed by atoms with E-state index in [1.165, 1.54) is 6.92 Å². The number of carbonyl (C=O) groups is 1. The van der Waals surface area contributed by atoms with Gasteiger partial charge in [0.2, 0.25) is 11.9 Å². The van der Waals surface area contributed by atoms with Crippen molar-refractivity contribution in [1.29, 1.82) is 0 Å². The number of benzene rings is 2. The van der Waals surface area contributed by atoms with E-state index in [9.17, 15) is 41.5 Å². The van der Waals surface area contributed by atoms with Crippen LogP contribution >= 0.6 is 0 Å². The van der Waals surface area contributed by atoms with E-state index in [4.69, 9.17) is 0 Å². The summed E-state index contributed by atoms with van der Waals surface area (Å²) in [6, 6.07) is 6.16. The van der Waals surface area contributed by atoms with Crippen molar-refractivity contribution in [3.8, 4) is 11.1 Å². The van der Waals surface area contributed by atoms with Gasteiger partial charge in [-0.05, 0) is 54.4 Å². The number of hydrogen-bond donors (Lipinski definition) is 2. The number of pyridine rings is 1. The Hall–Kier alpha value is -3.60. The minimum Gasteiger partial charge on any atom is -0.618 e. The molecule has 2 atom stereocenters. The minimum atomic E-state index is -5.08. The SMILES string of the molecule is C[C@@H](NC(=O)c1cc(-c2ccc(F)cc2F)cc(C(O)C(F)(F)F)c1)c1ccc(F)c[n+]1[O-]. The molecule has 0 saturated carbocycles. The first kappa shape index (κ1) is 24.1. The Morgan fingerprint density at radius 2 is 1.70 bits per heavy atom. The van der Waals surface area contributed by atoms with Crippen molar-refractivity contribution in [2.75, 3.05) is 0 Å². The molecule has 0 aliphatic heterocycles. The molecule has 0 saturated heterocycles. The Morgan fingerprint density at radius 3 is 2.30 bits per heavy atom. The highest BCUT2D eigenvalue weighted by Crippen LogP contribution is 2.35. The van der Waals surface area contributed by atoms with Gasteiger partial charge in [-0.3, -0.25) is 4.79 Å². The van der Waals surface area contributed by atoms with Gasteiger partial charge in [-0.25, -0.2) is 13.2 Å². The molecule has 2 N–H and O–H groups in total. The van der Waals surface area contributed by atoms with Crippen LogP contribution in [0.4, 0.5) is 26.3 Å². The number of aliphatic hydroxyl groups is 1. The number of aliphatic hydroxyl groups excluding tert-OH is 1. The average Bonchev–Trinajstić information content (AvgIpc) is 2.72. The zero-order valence-electron chi connectivity index (χ0n) is 16.8. The van der Waals surface area contributed by atoms with E-state index in [2.05, 4.69) is 5.32 Å². The van der Waals surface area contributed by atoms with Gasteiger partial charge in [-0.15, -0.1) is 0 Å². The Labute approximate surface area is 183 Å². The molecule has 1 aromatic heterocycles. The second-order valence-electron chi connectivity index (χ2n) is 7.21. The summed E-state index contributed by atoms with van der Waals surface area (Å²) in [6.45, 7) is 1.38. The highest BCUT2D eigenvalue weighted by molar-refractivity contribution is 5.96. The lowest BCUT2D eigenvalue weighted by molar-refractivity contribution is -0.617. The first-order valence-electron chi connectivity index (χ1n) is 9.41. The van der Waals surface area contributed by atoms with Crippen LogP contribution in [0.1, 0.15) is 40.7 Å². The molecule has 1 heterocycles. The predicted octanol–water partition coefficient (Wildman–Crippen LogP) is 4.49. The lowest BCUT2D eigenvalue weighted by Gasteiger charge is -2.18. The summed E-state index contributed by atoms with van der Waals surface area (Å²) in [5.74, 6) is -3.77. The molecular formula is C22H16F6N2O3. The van der Waals surface area contributed by atoms with Gasteiger partial charge in [-0.2, -0.15) is 17.9 Å². The van der Waals surface area contributed by atoms with E-state index in [0.717, 1.165) is 42.5 Å². The van der Waals surface area contributed by atoms with Crippen molar-refractivity contribution in [2.24, 2.45) is 0 Å². The van der Waals surface area contributed by atoms with Gasteiger partial charge in [0.25, 0.3) is 5.91 Å². The molecule has 5 nitrogen and oxygen atoms in total. The number of carbonyl (C=O) groups excluding carboxylic acids is 1.